The molecule has 9 heteroatoms. The number of aliphatic hydroxyl groups is 2. The molecule has 1 aliphatic carbocycles. The summed E-state index contributed by atoms with van der Waals surface area (Å²) in [6.07, 6.45) is 3.46. The van der Waals surface area contributed by atoms with Crippen LogP contribution in [0, 0.1) is 5.92 Å². The van der Waals surface area contributed by atoms with Gasteiger partial charge in [-0.3, -0.25) is 4.79 Å². The number of unbranched alkanes of at least 4 members (excludes halogenated alkanes) is 1. The fourth-order valence-electron chi connectivity index (χ4n) is 5.71. The summed E-state index contributed by atoms with van der Waals surface area (Å²) in [5, 5.41) is 23.2. The number of amides is 1. The van der Waals surface area contributed by atoms with Gasteiger partial charge in [-0.25, -0.2) is 0 Å². The molecule has 38 heavy (non-hydrogen) atoms. The fraction of sp³-hybridized carbons (Fsp3) is 0.552. The number of rotatable bonds is 10. The molecule has 0 spiro atoms. The normalized spacial score (nSPS) is 25.4. The van der Waals surface area contributed by atoms with E-state index in [1.165, 1.54) is 0 Å². The van der Waals surface area contributed by atoms with Crippen molar-refractivity contribution in [2.45, 2.75) is 60.9 Å². The van der Waals surface area contributed by atoms with Gasteiger partial charge in [-0.1, -0.05) is 35.9 Å². The zero-order valence-corrected chi connectivity index (χ0v) is 23.7. The largest absolute Gasteiger partial charge is 0.391 e. The molecule has 208 valence electrons. The number of nitrogens with zero attached hydrogens (tertiary/aromatic N) is 1. The molecule has 5 atom stereocenters. The fourth-order valence-corrected chi connectivity index (χ4v) is 6.46. The maximum absolute atomic E-state index is 13.4. The molecule has 1 saturated carbocycles. The van der Waals surface area contributed by atoms with Gasteiger partial charge < -0.3 is 30.3 Å². The minimum atomic E-state index is -1.39. The van der Waals surface area contributed by atoms with Crippen molar-refractivity contribution < 1.29 is 24.5 Å². The molecule has 0 unspecified atom stereocenters. The van der Waals surface area contributed by atoms with E-state index in [-0.39, 0.29) is 24.4 Å². The monoisotopic (exact) mass is 562 g/mol. The van der Waals surface area contributed by atoms with Crippen LogP contribution in [-0.4, -0.2) is 78.9 Å². The molecule has 0 bridgehead atoms. The zero-order chi connectivity index (χ0) is 27.3. The first-order chi connectivity index (χ1) is 18.3. The van der Waals surface area contributed by atoms with Crippen molar-refractivity contribution in [3.05, 3.63) is 53.1 Å². The lowest BCUT2D eigenvalue weighted by molar-refractivity contribution is -0.167. The van der Waals surface area contributed by atoms with Crippen molar-refractivity contribution in [3.63, 3.8) is 0 Å². The Labute approximate surface area is 234 Å². The van der Waals surface area contributed by atoms with Crippen LogP contribution in [0.5, 0.6) is 0 Å². The van der Waals surface area contributed by atoms with Crippen molar-refractivity contribution in [3.8, 4) is 11.1 Å². The predicted octanol–water partition coefficient (Wildman–Crippen LogP) is 4.06. The van der Waals surface area contributed by atoms with Crippen molar-refractivity contribution in [1.82, 2.24) is 4.90 Å². The number of hydrogen-bond donors (Lipinski definition) is 3. The van der Waals surface area contributed by atoms with Crippen LogP contribution in [0.2, 0.25) is 5.02 Å². The van der Waals surface area contributed by atoms with Crippen LogP contribution in [0.1, 0.15) is 37.7 Å². The van der Waals surface area contributed by atoms with E-state index in [4.69, 9.17) is 26.8 Å². The molecule has 2 aromatic rings. The molecule has 4 N–H and O–H groups in total. The van der Waals surface area contributed by atoms with Gasteiger partial charge in [0.1, 0.15) is 11.7 Å². The highest BCUT2D eigenvalue weighted by molar-refractivity contribution is 7.98. The molecule has 7 nitrogen and oxygen atoms in total. The molecule has 1 saturated heterocycles. The first-order valence-electron chi connectivity index (χ1n) is 13.3. The Hall–Kier alpha value is -1.65. The van der Waals surface area contributed by atoms with Crippen molar-refractivity contribution in [2.24, 2.45) is 11.7 Å². The first kappa shape index (κ1) is 29.3. The van der Waals surface area contributed by atoms with Gasteiger partial charge >= 0.3 is 0 Å². The van der Waals surface area contributed by atoms with Gasteiger partial charge in [0.15, 0.2) is 0 Å². The second-order valence-electron chi connectivity index (χ2n) is 10.3. The van der Waals surface area contributed by atoms with Gasteiger partial charge in [0, 0.05) is 47.7 Å². The topological polar surface area (TPSA) is 105 Å². The molecule has 2 fully saturated rings. The van der Waals surface area contributed by atoms with E-state index >= 15 is 0 Å². The number of benzene rings is 2. The minimum Gasteiger partial charge on any atom is -0.391 e. The van der Waals surface area contributed by atoms with E-state index in [2.05, 4.69) is 6.07 Å². The maximum Gasteiger partial charge on any atom is 0.226 e. The molecule has 2 aromatic carbocycles. The molecule has 0 radical (unpaired) electrons. The van der Waals surface area contributed by atoms with Crippen molar-refractivity contribution in [1.29, 1.82) is 0 Å². The molecule has 1 aliphatic heterocycles. The number of carbonyl (C=O) groups excluding carboxylic acids is 1. The Bertz CT molecular complexity index is 1090. The summed E-state index contributed by atoms with van der Waals surface area (Å²) in [6.45, 7) is 1.60. The number of nitrogens with two attached hydrogens (primary N) is 1. The summed E-state index contributed by atoms with van der Waals surface area (Å²) < 4.78 is 11.5. The van der Waals surface area contributed by atoms with Crippen LogP contribution >= 0.6 is 23.4 Å². The van der Waals surface area contributed by atoms with Crippen molar-refractivity contribution in [2.75, 3.05) is 39.7 Å². The number of thioether (sulfide) groups is 1. The highest BCUT2D eigenvalue weighted by Gasteiger charge is 2.45. The average molecular weight is 563 g/mol. The Morgan fingerprint density at radius 1 is 1.26 bits per heavy atom. The maximum atomic E-state index is 13.4. The molecular weight excluding hydrogens is 524 g/mol. The minimum absolute atomic E-state index is 0.0361. The molecule has 0 aromatic heterocycles. The van der Waals surface area contributed by atoms with Gasteiger partial charge in [0.05, 0.1) is 19.3 Å². The molecule has 1 heterocycles. The molecule has 4 rings (SSSR count). The third-order valence-corrected chi connectivity index (χ3v) is 8.87. The summed E-state index contributed by atoms with van der Waals surface area (Å²) in [5.74, 6) is -0.351. The summed E-state index contributed by atoms with van der Waals surface area (Å²) in [5.41, 5.74) is 6.98. The third-order valence-electron chi connectivity index (χ3n) is 7.83. The van der Waals surface area contributed by atoms with Crippen LogP contribution in [0.25, 0.3) is 11.1 Å². The number of aliphatic hydroxyl groups excluding tert-OH is 1. The lowest BCUT2D eigenvalue weighted by Crippen LogP contribution is -2.55. The smallest absolute Gasteiger partial charge is 0.226 e. The highest BCUT2D eigenvalue weighted by Crippen LogP contribution is 2.43. The zero-order valence-electron chi connectivity index (χ0n) is 22.1. The number of ether oxygens (including phenoxy) is 2. The first-order valence-corrected chi connectivity index (χ1v) is 14.9. The summed E-state index contributed by atoms with van der Waals surface area (Å²) in [4.78, 5) is 16.3. The quantitative estimate of drug-likeness (QED) is 0.296. The van der Waals surface area contributed by atoms with Crippen LogP contribution in [0.4, 0.5) is 0 Å². The van der Waals surface area contributed by atoms with Gasteiger partial charge in [0.2, 0.25) is 5.91 Å². The van der Waals surface area contributed by atoms with E-state index in [9.17, 15) is 15.0 Å². The summed E-state index contributed by atoms with van der Waals surface area (Å²) >= 11 is 8.45. The van der Waals surface area contributed by atoms with Crippen molar-refractivity contribution >= 4 is 29.3 Å². The van der Waals surface area contributed by atoms with E-state index in [0.717, 1.165) is 22.4 Å². The number of carbonyl (C=O) groups is 1. The van der Waals surface area contributed by atoms with Gasteiger partial charge in [-0.15, -0.1) is 11.8 Å². The van der Waals surface area contributed by atoms with E-state index < -0.39 is 17.8 Å². The second kappa shape index (κ2) is 13.1. The Balaban J connectivity index is 1.69. The van der Waals surface area contributed by atoms with E-state index in [0.29, 0.717) is 56.0 Å². The SMILES string of the molecule is COCCCC[C@](O)(c1cccc(Cl)c1-c1cccc(SC)c1)[C@H]1CN(C(=O)[C@H]2C[C@@H](N)[C@@H](O)C2)CCO1. The molecule has 2 aliphatic rings. The number of morpholine rings is 1. The number of hydrogen-bond acceptors (Lipinski definition) is 7. The van der Waals surface area contributed by atoms with E-state index in [1.54, 1.807) is 23.8 Å². The van der Waals surface area contributed by atoms with Crippen LogP contribution in [0.3, 0.4) is 0 Å². The second-order valence-corrected chi connectivity index (χ2v) is 11.6. The van der Waals surface area contributed by atoms with E-state index in [1.807, 2.05) is 42.7 Å². The predicted molar refractivity (Wildman–Crippen MR) is 151 cm³/mol. The van der Waals surface area contributed by atoms with Crippen LogP contribution < -0.4 is 5.73 Å². The van der Waals surface area contributed by atoms with Crippen LogP contribution in [-0.2, 0) is 19.9 Å². The van der Waals surface area contributed by atoms with Crippen LogP contribution in [0.15, 0.2) is 47.4 Å². The summed E-state index contributed by atoms with van der Waals surface area (Å²) in [6, 6.07) is 13.3. The number of halogens is 1. The Morgan fingerprint density at radius 3 is 2.76 bits per heavy atom. The van der Waals surface area contributed by atoms with Gasteiger partial charge in [-0.05, 0) is 67.7 Å². The molecular formula is C29H39ClN2O5S. The highest BCUT2D eigenvalue weighted by atomic mass is 35.5. The average Bonchev–Trinajstić information content (AvgIpc) is 3.28. The number of methoxy groups -OCH3 is 1. The lowest BCUT2D eigenvalue weighted by Gasteiger charge is -2.44. The third kappa shape index (κ3) is 6.39. The molecule has 1 amide bonds. The van der Waals surface area contributed by atoms with Gasteiger partial charge in [-0.2, -0.15) is 0 Å². The van der Waals surface area contributed by atoms with Gasteiger partial charge in [0.25, 0.3) is 0 Å². The standard InChI is InChI=1S/C29H39ClN2O5S/c1-36-13-4-3-11-29(35,22-9-6-10-23(30)27(22)19-7-5-8-21(15-19)38-2)26-18-32(12-14-37-26)28(34)20-16-24(31)25(33)17-20/h5-10,15,20,24-26,33,35H,3-4,11-14,16-18,31H2,1-2H3/t20-,24+,25-,26+,29-/m0/s1. The summed E-state index contributed by atoms with van der Waals surface area (Å²) in [7, 11) is 1.67. The Morgan fingerprint density at radius 2 is 2.05 bits per heavy atom. The Kier molecular flexibility index (Phi) is 10.1. The lowest BCUT2D eigenvalue weighted by atomic mass is 9.79.